The Labute approximate surface area is 181 Å². The van der Waals surface area contributed by atoms with Crippen LogP contribution >= 0.6 is 11.8 Å². The average Bonchev–Trinajstić information content (AvgIpc) is 3.10. The van der Waals surface area contributed by atoms with E-state index in [1.807, 2.05) is 37.3 Å². The van der Waals surface area contributed by atoms with Crippen molar-refractivity contribution in [1.29, 1.82) is 0 Å². The van der Waals surface area contributed by atoms with E-state index in [-0.39, 0.29) is 29.5 Å². The predicted molar refractivity (Wildman–Crippen MR) is 119 cm³/mol. The highest BCUT2D eigenvalue weighted by Crippen LogP contribution is 2.40. The maximum absolute atomic E-state index is 13.2. The number of carboxylic acid groups (broad SMARTS) is 1. The molecule has 2 unspecified atom stereocenters. The summed E-state index contributed by atoms with van der Waals surface area (Å²) in [6.45, 7) is 5.26. The predicted octanol–water partition coefficient (Wildman–Crippen LogP) is 5.17. The number of carbonyl (C=O) groups is 3. The average molecular weight is 427 g/mol. The maximum atomic E-state index is 13.2. The SMILES string of the molecule is CC(=O)SCC(C)C(=O)[N@+]1(C(=O)O)C[C@@H](c2ccc(-c3ccccc3)cc2)CC1C. The van der Waals surface area contributed by atoms with E-state index in [4.69, 9.17) is 0 Å². The lowest BCUT2D eigenvalue weighted by molar-refractivity contribution is -0.794. The number of quaternary nitrogens is 1. The van der Waals surface area contributed by atoms with Gasteiger partial charge in [-0.25, -0.2) is 4.79 Å². The molecule has 2 amide bonds. The standard InChI is InChI=1S/C24H27NO4S/c1-16(15-30-18(3)26)23(27)25(24(28)29)14-22(13-17(25)2)21-11-9-20(10-12-21)19-7-5-4-6-8-19/h4-12,16-17,22H,13-15H2,1-3H3/p+1/t16?,17?,22-,25-/m0/s1. The van der Waals surface area contributed by atoms with Crippen LogP contribution in [0.15, 0.2) is 54.6 Å². The second-order valence-corrected chi connectivity index (χ2v) is 9.34. The molecule has 3 rings (SSSR count). The topological polar surface area (TPSA) is 71.4 Å². The molecule has 30 heavy (non-hydrogen) atoms. The van der Waals surface area contributed by atoms with Crippen LogP contribution < -0.4 is 0 Å². The van der Waals surface area contributed by atoms with Crippen LogP contribution in [0.25, 0.3) is 11.1 Å². The van der Waals surface area contributed by atoms with Crippen molar-refractivity contribution in [3.8, 4) is 11.1 Å². The third-order valence-corrected chi connectivity index (χ3v) is 7.14. The minimum absolute atomic E-state index is 0.00228. The van der Waals surface area contributed by atoms with E-state index in [1.54, 1.807) is 6.92 Å². The van der Waals surface area contributed by atoms with Gasteiger partial charge in [-0.3, -0.25) is 4.79 Å². The Kier molecular flexibility index (Phi) is 6.78. The Bertz CT molecular complexity index is 928. The highest BCUT2D eigenvalue weighted by molar-refractivity contribution is 8.13. The van der Waals surface area contributed by atoms with Gasteiger partial charge in [0.25, 0.3) is 0 Å². The van der Waals surface area contributed by atoms with E-state index in [0.29, 0.717) is 12.2 Å². The van der Waals surface area contributed by atoms with Gasteiger partial charge in [0.15, 0.2) is 5.12 Å². The van der Waals surface area contributed by atoms with Crippen molar-refractivity contribution >= 4 is 28.9 Å². The van der Waals surface area contributed by atoms with Crippen LogP contribution in [0.2, 0.25) is 0 Å². The van der Waals surface area contributed by atoms with Gasteiger partial charge < -0.3 is 5.11 Å². The Balaban J connectivity index is 1.82. The van der Waals surface area contributed by atoms with E-state index in [1.165, 1.54) is 6.92 Å². The van der Waals surface area contributed by atoms with Crippen LogP contribution in [-0.2, 0) is 9.59 Å². The number of hydrogen-bond donors (Lipinski definition) is 1. The summed E-state index contributed by atoms with van der Waals surface area (Å²) in [7, 11) is 0. The summed E-state index contributed by atoms with van der Waals surface area (Å²) >= 11 is 1.07. The summed E-state index contributed by atoms with van der Waals surface area (Å²) < 4.78 is -0.565. The molecule has 0 saturated carbocycles. The molecule has 0 aromatic heterocycles. The van der Waals surface area contributed by atoms with E-state index in [0.717, 1.165) is 28.5 Å². The summed E-state index contributed by atoms with van der Waals surface area (Å²) in [6, 6.07) is 18.0. The molecule has 1 saturated heterocycles. The number of thioether (sulfide) groups is 1. The lowest BCUT2D eigenvalue weighted by Crippen LogP contribution is -2.60. The van der Waals surface area contributed by atoms with E-state index in [2.05, 4.69) is 24.3 Å². The Morgan fingerprint density at radius 3 is 2.23 bits per heavy atom. The summed E-state index contributed by atoms with van der Waals surface area (Å²) in [4.78, 5) is 36.8. The number of likely N-dealkylation sites (tertiary alicyclic amines) is 1. The number of nitrogens with zero attached hydrogens (tertiary/aromatic N) is 1. The van der Waals surface area contributed by atoms with E-state index < -0.39 is 16.5 Å². The van der Waals surface area contributed by atoms with Crippen molar-refractivity contribution in [2.24, 2.45) is 5.92 Å². The molecule has 0 aliphatic carbocycles. The smallest absolute Gasteiger partial charge is 0.435 e. The number of carbonyl (C=O) groups excluding carboxylic acids is 2. The Hall–Kier alpha value is -2.44. The fraction of sp³-hybridized carbons (Fsp3) is 0.375. The normalized spacial score (nSPS) is 24.4. The van der Waals surface area contributed by atoms with Gasteiger partial charge in [0.2, 0.25) is 0 Å². The number of imide groups is 1. The molecule has 2 aromatic carbocycles. The molecule has 0 spiro atoms. The van der Waals surface area contributed by atoms with Gasteiger partial charge in [-0.2, -0.15) is 9.28 Å². The zero-order chi connectivity index (χ0) is 21.9. The summed E-state index contributed by atoms with van der Waals surface area (Å²) in [5, 5.41) is 10.00. The van der Waals surface area contributed by atoms with E-state index >= 15 is 0 Å². The quantitative estimate of drug-likeness (QED) is 0.668. The number of benzene rings is 2. The first-order valence-corrected chi connectivity index (χ1v) is 11.2. The van der Waals surface area contributed by atoms with Gasteiger partial charge in [0, 0.05) is 25.0 Å². The van der Waals surface area contributed by atoms with Gasteiger partial charge in [-0.05, 0) is 30.5 Å². The number of amides is 2. The van der Waals surface area contributed by atoms with Crippen LogP contribution in [-0.4, -0.2) is 45.0 Å². The summed E-state index contributed by atoms with van der Waals surface area (Å²) in [5.74, 6) is -0.508. The largest absolute Gasteiger partial charge is 0.521 e. The van der Waals surface area contributed by atoms with Gasteiger partial charge in [0.05, 0.1) is 5.92 Å². The zero-order valence-corrected chi connectivity index (χ0v) is 18.4. The lowest BCUT2D eigenvalue weighted by Gasteiger charge is -2.31. The molecule has 1 fully saturated rings. The van der Waals surface area contributed by atoms with Crippen LogP contribution in [0.5, 0.6) is 0 Å². The Morgan fingerprint density at radius 1 is 1.07 bits per heavy atom. The van der Waals surface area contributed by atoms with E-state index in [9.17, 15) is 19.5 Å². The minimum Gasteiger partial charge on any atom is -0.435 e. The van der Waals surface area contributed by atoms with Crippen LogP contribution in [0, 0.1) is 5.92 Å². The highest BCUT2D eigenvalue weighted by atomic mass is 32.2. The van der Waals surface area contributed by atoms with Crippen LogP contribution in [0.3, 0.4) is 0 Å². The Morgan fingerprint density at radius 2 is 1.67 bits per heavy atom. The first-order valence-electron chi connectivity index (χ1n) is 10.2. The molecule has 0 radical (unpaired) electrons. The maximum Gasteiger partial charge on any atom is 0.521 e. The third-order valence-electron chi connectivity index (χ3n) is 6.07. The second kappa shape index (κ2) is 9.14. The molecular weight excluding hydrogens is 398 g/mol. The van der Waals surface area contributed by atoms with Crippen molar-refractivity contribution in [2.45, 2.75) is 39.2 Å². The van der Waals surface area contributed by atoms with Crippen LogP contribution in [0.4, 0.5) is 4.79 Å². The fourth-order valence-corrected chi connectivity index (χ4v) is 5.02. The second-order valence-electron chi connectivity index (χ2n) is 8.15. The van der Waals surface area contributed by atoms with Gasteiger partial charge >= 0.3 is 12.0 Å². The van der Waals surface area contributed by atoms with Crippen LogP contribution in [0.1, 0.15) is 38.7 Å². The number of hydrogen-bond acceptors (Lipinski definition) is 4. The third kappa shape index (κ3) is 4.35. The molecule has 6 heteroatoms. The van der Waals surface area contributed by atoms with Gasteiger partial charge in [-0.1, -0.05) is 66.4 Å². The molecular formula is C24H28NO4S+. The monoisotopic (exact) mass is 426 g/mol. The fourth-order valence-electron chi connectivity index (χ4n) is 4.39. The summed E-state index contributed by atoms with van der Waals surface area (Å²) in [6.07, 6.45) is -0.467. The molecule has 0 bridgehead atoms. The molecule has 1 N–H and O–H groups in total. The van der Waals surface area contributed by atoms with Crippen molar-refractivity contribution in [1.82, 2.24) is 0 Å². The van der Waals surface area contributed by atoms with Gasteiger partial charge in [0.1, 0.15) is 12.6 Å². The van der Waals surface area contributed by atoms with Crippen molar-refractivity contribution in [3.63, 3.8) is 0 Å². The molecule has 2 aromatic rings. The summed E-state index contributed by atoms with van der Waals surface area (Å²) in [5.41, 5.74) is 3.29. The van der Waals surface area contributed by atoms with Crippen molar-refractivity contribution < 1.29 is 24.0 Å². The molecule has 5 nitrogen and oxygen atoms in total. The lowest BCUT2D eigenvalue weighted by atomic mass is 9.94. The molecule has 1 heterocycles. The van der Waals surface area contributed by atoms with Gasteiger partial charge in [-0.15, -0.1) is 0 Å². The molecule has 1 aliphatic rings. The minimum atomic E-state index is -1.10. The molecule has 158 valence electrons. The molecule has 1 aliphatic heterocycles. The molecule has 4 atom stereocenters. The van der Waals surface area contributed by atoms with Crippen molar-refractivity contribution in [2.75, 3.05) is 12.3 Å². The zero-order valence-electron chi connectivity index (χ0n) is 17.6. The van der Waals surface area contributed by atoms with Crippen molar-refractivity contribution in [3.05, 3.63) is 60.2 Å². The first-order chi connectivity index (χ1) is 14.3. The first kappa shape index (κ1) is 22.2. The number of rotatable bonds is 5. The highest BCUT2D eigenvalue weighted by Gasteiger charge is 2.57.